The van der Waals surface area contributed by atoms with Gasteiger partial charge in [-0.2, -0.15) is 5.10 Å². The van der Waals surface area contributed by atoms with Crippen molar-refractivity contribution in [1.82, 2.24) is 25.1 Å². The number of carbonyl (C=O) groups is 1. The van der Waals surface area contributed by atoms with Gasteiger partial charge in [0.05, 0.1) is 13.2 Å². The van der Waals surface area contributed by atoms with E-state index >= 15 is 0 Å². The Bertz CT molecular complexity index is 934. The van der Waals surface area contributed by atoms with Crippen molar-refractivity contribution in [3.63, 3.8) is 0 Å². The summed E-state index contributed by atoms with van der Waals surface area (Å²) in [7, 11) is 1.61. The van der Waals surface area contributed by atoms with Gasteiger partial charge in [-0.25, -0.2) is 0 Å². The van der Waals surface area contributed by atoms with Gasteiger partial charge >= 0.3 is 0 Å². The SMILES string of the molecule is COc1ccc(-c2n[nH]c(=S)n2CC(=O)NC(C)c2ccncc2)cc1. The van der Waals surface area contributed by atoms with Crippen LogP contribution in [0.2, 0.25) is 0 Å². The third-order valence-corrected chi connectivity index (χ3v) is 4.30. The molecule has 0 aliphatic carbocycles. The number of benzene rings is 1. The first kappa shape index (κ1) is 17.8. The lowest BCUT2D eigenvalue weighted by atomic mass is 10.1. The van der Waals surface area contributed by atoms with Crippen molar-refractivity contribution in [1.29, 1.82) is 0 Å². The minimum absolute atomic E-state index is 0.0755. The van der Waals surface area contributed by atoms with Gasteiger partial charge in [-0.3, -0.25) is 19.4 Å². The molecular weight excluding hydrogens is 350 g/mol. The fraction of sp³-hybridized carbons (Fsp3) is 0.222. The van der Waals surface area contributed by atoms with E-state index in [0.717, 1.165) is 16.9 Å². The molecule has 0 spiro atoms. The van der Waals surface area contributed by atoms with Gasteiger partial charge < -0.3 is 10.1 Å². The van der Waals surface area contributed by atoms with E-state index in [2.05, 4.69) is 20.5 Å². The standard InChI is InChI=1S/C18H19N5O2S/c1-12(13-7-9-19-10-8-13)20-16(24)11-23-17(21-22-18(23)26)14-3-5-15(25-2)6-4-14/h3-10,12H,11H2,1-2H3,(H,20,24)(H,22,26). The maximum atomic E-state index is 12.5. The molecule has 3 rings (SSSR count). The van der Waals surface area contributed by atoms with Crippen molar-refractivity contribution >= 4 is 18.1 Å². The number of H-pyrrole nitrogens is 1. The van der Waals surface area contributed by atoms with Crippen LogP contribution in [0.3, 0.4) is 0 Å². The molecular formula is C18H19N5O2S. The predicted octanol–water partition coefficient (Wildman–Crippen LogP) is 2.89. The van der Waals surface area contributed by atoms with Gasteiger partial charge in [-0.15, -0.1) is 0 Å². The summed E-state index contributed by atoms with van der Waals surface area (Å²) in [4.78, 5) is 16.5. The van der Waals surface area contributed by atoms with Crippen molar-refractivity contribution in [2.45, 2.75) is 19.5 Å². The smallest absolute Gasteiger partial charge is 0.240 e. The third-order valence-electron chi connectivity index (χ3n) is 3.99. The maximum absolute atomic E-state index is 12.5. The van der Waals surface area contributed by atoms with Crippen LogP contribution in [-0.4, -0.2) is 32.8 Å². The van der Waals surface area contributed by atoms with Crippen LogP contribution < -0.4 is 10.1 Å². The molecule has 1 atom stereocenters. The third kappa shape index (κ3) is 3.97. The number of pyridine rings is 1. The Balaban J connectivity index is 1.76. The summed E-state index contributed by atoms with van der Waals surface area (Å²) in [6, 6.07) is 11.0. The second-order valence-electron chi connectivity index (χ2n) is 5.74. The largest absolute Gasteiger partial charge is 0.497 e. The van der Waals surface area contributed by atoms with E-state index in [1.807, 2.05) is 43.3 Å². The van der Waals surface area contributed by atoms with E-state index in [1.165, 1.54) is 0 Å². The molecule has 7 nitrogen and oxygen atoms in total. The molecule has 2 heterocycles. The van der Waals surface area contributed by atoms with E-state index in [0.29, 0.717) is 10.6 Å². The van der Waals surface area contributed by atoms with Crippen molar-refractivity contribution in [2.75, 3.05) is 7.11 Å². The summed E-state index contributed by atoms with van der Waals surface area (Å²) in [5.41, 5.74) is 1.83. The second kappa shape index (κ2) is 7.92. The van der Waals surface area contributed by atoms with Crippen molar-refractivity contribution in [3.05, 3.63) is 59.1 Å². The van der Waals surface area contributed by atoms with Crippen LogP contribution in [-0.2, 0) is 11.3 Å². The highest BCUT2D eigenvalue weighted by Crippen LogP contribution is 2.21. The fourth-order valence-electron chi connectivity index (χ4n) is 2.59. The Hall–Kier alpha value is -3.00. The Labute approximate surface area is 156 Å². The van der Waals surface area contributed by atoms with Gasteiger partial charge in [0.15, 0.2) is 10.6 Å². The van der Waals surface area contributed by atoms with Crippen LogP contribution in [0.5, 0.6) is 5.75 Å². The highest BCUT2D eigenvalue weighted by atomic mass is 32.1. The summed E-state index contributed by atoms with van der Waals surface area (Å²) in [6.07, 6.45) is 3.40. The summed E-state index contributed by atoms with van der Waals surface area (Å²) >= 11 is 5.28. The van der Waals surface area contributed by atoms with Crippen LogP contribution in [0, 0.1) is 4.77 Å². The van der Waals surface area contributed by atoms with Crippen LogP contribution in [0.1, 0.15) is 18.5 Å². The van der Waals surface area contributed by atoms with Crippen molar-refractivity contribution < 1.29 is 9.53 Å². The molecule has 0 fully saturated rings. The van der Waals surface area contributed by atoms with Gasteiger partial charge in [0.1, 0.15) is 12.3 Å². The summed E-state index contributed by atoms with van der Waals surface area (Å²) < 4.78 is 7.23. The average molecular weight is 369 g/mol. The molecule has 0 aliphatic heterocycles. The topological polar surface area (TPSA) is 84.8 Å². The zero-order chi connectivity index (χ0) is 18.5. The molecule has 26 heavy (non-hydrogen) atoms. The number of aromatic amines is 1. The Kier molecular flexibility index (Phi) is 5.43. The number of nitrogens with zero attached hydrogens (tertiary/aromatic N) is 3. The number of methoxy groups -OCH3 is 1. The minimum atomic E-state index is -0.151. The molecule has 2 N–H and O–H groups in total. The lowest BCUT2D eigenvalue weighted by Gasteiger charge is -2.15. The van der Waals surface area contributed by atoms with Crippen molar-refractivity contribution in [2.24, 2.45) is 0 Å². The van der Waals surface area contributed by atoms with Gasteiger partial charge in [0.2, 0.25) is 5.91 Å². The molecule has 134 valence electrons. The van der Waals surface area contributed by atoms with Gasteiger partial charge in [-0.05, 0) is 61.1 Å². The zero-order valence-corrected chi connectivity index (χ0v) is 15.3. The number of rotatable bonds is 6. The normalized spacial score (nSPS) is 11.8. The lowest BCUT2D eigenvalue weighted by Crippen LogP contribution is -2.30. The molecule has 1 aromatic carbocycles. The van der Waals surface area contributed by atoms with E-state index in [-0.39, 0.29) is 18.5 Å². The Morgan fingerprint density at radius 3 is 2.62 bits per heavy atom. The highest BCUT2D eigenvalue weighted by Gasteiger charge is 2.15. The first-order valence-corrected chi connectivity index (χ1v) is 8.48. The van der Waals surface area contributed by atoms with Crippen LogP contribution in [0.15, 0.2) is 48.8 Å². The quantitative estimate of drug-likeness (QED) is 0.653. The first-order valence-electron chi connectivity index (χ1n) is 8.07. The number of ether oxygens (including phenoxy) is 1. The van der Waals surface area contributed by atoms with E-state index in [9.17, 15) is 4.79 Å². The van der Waals surface area contributed by atoms with Gasteiger partial charge in [-0.1, -0.05) is 0 Å². The maximum Gasteiger partial charge on any atom is 0.240 e. The molecule has 0 saturated carbocycles. The Morgan fingerprint density at radius 2 is 1.96 bits per heavy atom. The minimum Gasteiger partial charge on any atom is -0.497 e. The highest BCUT2D eigenvalue weighted by molar-refractivity contribution is 7.71. The molecule has 0 radical (unpaired) electrons. The number of hydrogen-bond donors (Lipinski definition) is 2. The predicted molar refractivity (Wildman–Crippen MR) is 100 cm³/mol. The molecule has 0 aliphatic rings. The molecule has 0 saturated heterocycles. The van der Waals surface area contributed by atoms with E-state index < -0.39 is 0 Å². The van der Waals surface area contributed by atoms with Gasteiger partial charge in [0.25, 0.3) is 0 Å². The van der Waals surface area contributed by atoms with Crippen LogP contribution in [0.4, 0.5) is 0 Å². The molecule has 1 amide bonds. The second-order valence-corrected chi connectivity index (χ2v) is 6.12. The molecule has 1 unspecified atom stereocenters. The number of nitrogens with one attached hydrogen (secondary N) is 2. The average Bonchev–Trinajstić information content (AvgIpc) is 3.03. The number of aromatic nitrogens is 4. The summed E-state index contributed by atoms with van der Waals surface area (Å²) in [6.45, 7) is 2.00. The number of amides is 1. The van der Waals surface area contributed by atoms with E-state index in [4.69, 9.17) is 17.0 Å². The van der Waals surface area contributed by atoms with E-state index in [1.54, 1.807) is 24.1 Å². The molecule has 0 bridgehead atoms. The molecule has 3 aromatic rings. The summed E-state index contributed by atoms with van der Waals surface area (Å²) in [5.74, 6) is 1.20. The molecule has 2 aromatic heterocycles. The Morgan fingerprint density at radius 1 is 1.27 bits per heavy atom. The molecule has 8 heteroatoms. The monoisotopic (exact) mass is 369 g/mol. The van der Waals surface area contributed by atoms with Crippen LogP contribution in [0.25, 0.3) is 11.4 Å². The fourth-order valence-corrected chi connectivity index (χ4v) is 2.79. The zero-order valence-electron chi connectivity index (χ0n) is 14.5. The van der Waals surface area contributed by atoms with Crippen LogP contribution >= 0.6 is 12.2 Å². The number of hydrogen-bond acceptors (Lipinski definition) is 5. The van der Waals surface area contributed by atoms with Crippen molar-refractivity contribution in [3.8, 4) is 17.1 Å². The van der Waals surface area contributed by atoms with Gasteiger partial charge in [0, 0.05) is 18.0 Å². The first-order chi connectivity index (χ1) is 12.6. The number of carbonyl (C=O) groups excluding carboxylic acids is 1. The summed E-state index contributed by atoms with van der Waals surface area (Å²) in [5, 5.41) is 9.96. The lowest BCUT2D eigenvalue weighted by molar-refractivity contribution is -0.122.